The Morgan fingerprint density at radius 3 is 2.46 bits per heavy atom. The Hall–Kier alpha value is -2.44. The summed E-state index contributed by atoms with van der Waals surface area (Å²) in [6.45, 7) is 5.35. The van der Waals surface area contributed by atoms with Gasteiger partial charge in [-0.25, -0.2) is 4.39 Å². The Labute approximate surface area is 165 Å². The largest absolute Gasteiger partial charge is 0.484 e. The van der Waals surface area contributed by atoms with Crippen molar-refractivity contribution in [3.63, 3.8) is 0 Å². The van der Waals surface area contributed by atoms with Crippen LogP contribution in [-0.2, 0) is 16.0 Å². The van der Waals surface area contributed by atoms with E-state index in [0.717, 1.165) is 25.1 Å². The molecule has 1 N–H and O–H groups in total. The number of hydrogen-bond acceptors (Lipinski definition) is 4. The fourth-order valence-electron chi connectivity index (χ4n) is 3.26. The summed E-state index contributed by atoms with van der Waals surface area (Å²) < 4.78 is 24.3. The first-order chi connectivity index (χ1) is 13.7. The normalized spacial score (nSPS) is 15.8. The van der Waals surface area contributed by atoms with Gasteiger partial charge in [-0.1, -0.05) is 31.2 Å². The highest BCUT2D eigenvalue weighted by Crippen LogP contribution is 2.21. The molecule has 1 unspecified atom stereocenters. The summed E-state index contributed by atoms with van der Waals surface area (Å²) in [5.74, 6) is 0.228. The summed E-state index contributed by atoms with van der Waals surface area (Å²) >= 11 is 0. The number of nitrogens with one attached hydrogen (secondary N) is 1. The Kier molecular flexibility index (Phi) is 7.39. The minimum atomic E-state index is -0.268. The molecule has 1 aliphatic rings. The second kappa shape index (κ2) is 10.2. The van der Waals surface area contributed by atoms with Gasteiger partial charge >= 0.3 is 0 Å². The molecule has 1 amide bonds. The van der Waals surface area contributed by atoms with Crippen molar-refractivity contribution >= 4 is 5.91 Å². The molecule has 0 saturated carbocycles. The van der Waals surface area contributed by atoms with Gasteiger partial charge in [0.1, 0.15) is 11.6 Å². The summed E-state index contributed by atoms with van der Waals surface area (Å²) in [5, 5.41) is 2.95. The fourth-order valence-corrected chi connectivity index (χ4v) is 3.26. The first kappa shape index (κ1) is 20.3. The molecule has 0 aliphatic carbocycles. The second-order valence-corrected chi connectivity index (χ2v) is 6.81. The average molecular weight is 386 g/mol. The lowest BCUT2D eigenvalue weighted by Gasteiger charge is -2.35. The molecule has 3 rings (SSSR count). The van der Waals surface area contributed by atoms with Gasteiger partial charge < -0.3 is 14.8 Å². The number of rotatable bonds is 8. The van der Waals surface area contributed by atoms with E-state index >= 15 is 0 Å². The fraction of sp³-hybridized carbons (Fsp3) is 0.409. The number of halogens is 1. The molecule has 0 spiro atoms. The monoisotopic (exact) mass is 386 g/mol. The van der Waals surface area contributed by atoms with E-state index in [0.29, 0.717) is 25.5 Å². The van der Waals surface area contributed by atoms with Crippen LogP contribution in [0.5, 0.6) is 5.75 Å². The van der Waals surface area contributed by atoms with Crippen LogP contribution in [0.15, 0.2) is 48.5 Å². The molecule has 5 nitrogen and oxygen atoms in total. The maximum absolute atomic E-state index is 13.3. The standard InChI is InChI=1S/C22H27FN2O3/c1-2-17-3-9-20(10-4-17)28-16-22(26)24-15-21(25-11-13-27-14-12-25)18-5-7-19(23)8-6-18/h3-10,21H,2,11-16H2,1H3,(H,24,26). The highest BCUT2D eigenvalue weighted by Gasteiger charge is 2.23. The summed E-state index contributed by atoms with van der Waals surface area (Å²) in [5.41, 5.74) is 2.20. The molecule has 1 atom stereocenters. The second-order valence-electron chi connectivity index (χ2n) is 6.81. The lowest BCUT2D eigenvalue weighted by atomic mass is 10.0. The predicted octanol–water partition coefficient (Wildman–Crippen LogP) is 2.96. The van der Waals surface area contributed by atoms with Gasteiger partial charge in [0.2, 0.25) is 0 Å². The Balaban J connectivity index is 1.55. The Morgan fingerprint density at radius 2 is 1.82 bits per heavy atom. The highest BCUT2D eigenvalue weighted by molar-refractivity contribution is 5.77. The van der Waals surface area contributed by atoms with Crippen molar-refractivity contribution in [2.24, 2.45) is 0 Å². The van der Waals surface area contributed by atoms with Gasteiger partial charge in [0.05, 0.1) is 19.3 Å². The highest BCUT2D eigenvalue weighted by atomic mass is 19.1. The Morgan fingerprint density at radius 1 is 1.14 bits per heavy atom. The molecule has 0 aromatic heterocycles. The zero-order valence-electron chi connectivity index (χ0n) is 16.2. The number of nitrogens with zero attached hydrogens (tertiary/aromatic N) is 1. The number of carbonyl (C=O) groups excluding carboxylic acids is 1. The van der Waals surface area contributed by atoms with Crippen LogP contribution in [0.25, 0.3) is 0 Å². The molecule has 1 heterocycles. The smallest absolute Gasteiger partial charge is 0.258 e. The van der Waals surface area contributed by atoms with Crippen LogP contribution in [0.1, 0.15) is 24.1 Å². The third kappa shape index (κ3) is 5.78. The number of carbonyl (C=O) groups is 1. The third-order valence-electron chi connectivity index (χ3n) is 4.94. The minimum Gasteiger partial charge on any atom is -0.484 e. The van der Waals surface area contributed by atoms with E-state index in [1.54, 1.807) is 12.1 Å². The van der Waals surface area contributed by atoms with Gasteiger partial charge in [-0.3, -0.25) is 9.69 Å². The maximum Gasteiger partial charge on any atom is 0.258 e. The molecular formula is C22H27FN2O3. The molecule has 28 heavy (non-hydrogen) atoms. The molecule has 0 bridgehead atoms. The van der Waals surface area contributed by atoms with E-state index in [4.69, 9.17) is 9.47 Å². The minimum absolute atomic E-state index is 0.0303. The molecule has 150 valence electrons. The molecule has 2 aromatic rings. The van der Waals surface area contributed by atoms with Crippen molar-refractivity contribution < 1.29 is 18.7 Å². The van der Waals surface area contributed by atoms with Gasteiger partial charge in [0.15, 0.2) is 6.61 Å². The third-order valence-corrected chi connectivity index (χ3v) is 4.94. The summed E-state index contributed by atoms with van der Waals surface area (Å²) in [6, 6.07) is 14.2. The lowest BCUT2D eigenvalue weighted by molar-refractivity contribution is -0.123. The summed E-state index contributed by atoms with van der Waals surface area (Å²) in [6.07, 6.45) is 0.965. The molecule has 1 fully saturated rings. The number of aryl methyl sites for hydroxylation is 1. The van der Waals surface area contributed by atoms with Crippen LogP contribution in [0, 0.1) is 5.82 Å². The number of amides is 1. The summed E-state index contributed by atoms with van der Waals surface area (Å²) in [4.78, 5) is 14.5. The van der Waals surface area contributed by atoms with Crippen molar-refractivity contribution in [1.82, 2.24) is 10.2 Å². The number of hydrogen-bond donors (Lipinski definition) is 1. The maximum atomic E-state index is 13.3. The van der Waals surface area contributed by atoms with Crippen molar-refractivity contribution in [3.8, 4) is 5.75 Å². The molecule has 6 heteroatoms. The number of morpholine rings is 1. The van der Waals surface area contributed by atoms with Crippen molar-refractivity contribution in [2.75, 3.05) is 39.5 Å². The van der Waals surface area contributed by atoms with E-state index in [-0.39, 0.29) is 24.4 Å². The zero-order chi connectivity index (χ0) is 19.8. The predicted molar refractivity (Wildman–Crippen MR) is 106 cm³/mol. The Bertz CT molecular complexity index is 743. The summed E-state index contributed by atoms with van der Waals surface area (Å²) in [7, 11) is 0. The van der Waals surface area contributed by atoms with Gasteiger partial charge in [0, 0.05) is 19.6 Å². The van der Waals surface area contributed by atoms with Gasteiger partial charge in [0.25, 0.3) is 5.91 Å². The first-order valence-electron chi connectivity index (χ1n) is 9.71. The number of ether oxygens (including phenoxy) is 2. The average Bonchev–Trinajstić information content (AvgIpc) is 2.75. The van der Waals surface area contributed by atoms with Gasteiger partial charge in [-0.05, 0) is 41.8 Å². The molecule has 2 aromatic carbocycles. The van der Waals surface area contributed by atoms with Crippen LogP contribution >= 0.6 is 0 Å². The van der Waals surface area contributed by atoms with Crippen molar-refractivity contribution in [2.45, 2.75) is 19.4 Å². The zero-order valence-corrected chi connectivity index (χ0v) is 16.2. The van der Waals surface area contributed by atoms with Crippen LogP contribution in [0.4, 0.5) is 4.39 Å². The first-order valence-corrected chi connectivity index (χ1v) is 9.71. The quantitative estimate of drug-likeness (QED) is 0.758. The van der Waals surface area contributed by atoms with E-state index in [2.05, 4.69) is 17.1 Å². The molecule has 1 saturated heterocycles. The molecule has 1 aliphatic heterocycles. The SMILES string of the molecule is CCc1ccc(OCC(=O)NCC(c2ccc(F)cc2)N2CCOCC2)cc1. The van der Waals surface area contributed by atoms with Gasteiger partial charge in [-0.15, -0.1) is 0 Å². The number of benzene rings is 2. The van der Waals surface area contributed by atoms with Crippen molar-refractivity contribution in [3.05, 3.63) is 65.5 Å². The van der Waals surface area contributed by atoms with E-state index in [1.807, 2.05) is 24.3 Å². The van der Waals surface area contributed by atoms with Crippen LogP contribution in [0.2, 0.25) is 0 Å². The lowest BCUT2D eigenvalue weighted by Crippen LogP contribution is -2.44. The topological polar surface area (TPSA) is 50.8 Å². The van der Waals surface area contributed by atoms with E-state index in [9.17, 15) is 9.18 Å². The van der Waals surface area contributed by atoms with Crippen molar-refractivity contribution in [1.29, 1.82) is 0 Å². The van der Waals surface area contributed by atoms with E-state index in [1.165, 1.54) is 17.7 Å². The molecule has 0 radical (unpaired) electrons. The van der Waals surface area contributed by atoms with E-state index < -0.39 is 0 Å². The van der Waals surface area contributed by atoms with Crippen LogP contribution < -0.4 is 10.1 Å². The van der Waals surface area contributed by atoms with Crippen LogP contribution in [0.3, 0.4) is 0 Å². The van der Waals surface area contributed by atoms with Crippen LogP contribution in [-0.4, -0.2) is 50.3 Å². The molecular weight excluding hydrogens is 359 g/mol. The van der Waals surface area contributed by atoms with Gasteiger partial charge in [-0.2, -0.15) is 0 Å².